The number of aromatic nitrogens is 2. The molecule has 3 heterocycles. The standard InChI is InChI=1S/C15H14N4O2S/c20-15(19-16-7-1-4-11-5-2-8-21-11)13-10-12(17-18-13)14-6-3-9-22-14/h1-2,4-8,10H,3,9H2,(H,17,18)(H,19,20)/b4-1+,16-7-. The molecule has 22 heavy (non-hydrogen) atoms. The number of rotatable bonds is 5. The van der Waals surface area contributed by atoms with Crippen molar-refractivity contribution in [2.45, 2.75) is 6.42 Å². The van der Waals surface area contributed by atoms with Gasteiger partial charge in [0, 0.05) is 16.9 Å². The molecule has 0 bridgehead atoms. The maximum atomic E-state index is 11.9. The summed E-state index contributed by atoms with van der Waals surface area (Å²) in [6, 6.07) is 5.35. The van der Waals surface area contributed by atoms with Crippen molar-refractivity contribution in [2.24, 2.45) is 5.10 Å². The molecule has 2 aromatic heterocycles. The summed E-state index contributed by atoms with van der Waals surface area (Å²) in [6.07, 6.45) is 9.67. The van der Waals surface area contributed by atoms with E-state index in [9.17, 15) is 4.79 Å². The highest BCUT2D eigenvalue weighted by Crippen LogP contribution is 2.32. The van der Waals surface area contributed by atoms with Gasteiger partial charge in [0.05, 0.1) is 12.0 Å². The van der Waals surface area contributed by atoms with Crippen molar-refractivity contribution in [2.75, 3.05) is 5.75 Å². The number of carbonyl (C=O) groups excluding carboxylic acids is 1. The van der Waals surface area contributed by atoms with Gasteiger partial charge in [-0.3, -0.25) is 9.89 Å². The van der Waals surface area contributed by atoms with Gasteiger partial charge in [-0.2, -0.15) is 10.2 Å². The Balaban J connectivity index is 1.53. The third kappa shape index (κ3) is 3.56. The summed E-state index contributed by atoms with van der Waals surface area (Å²) in [5.41, 5.74) is 3.61. The number of allylic oxidation sites excluding steroid dienone is 2. The van der Waals surface area contributed by atoms with E-state index in [0.29, 0.717) is 5.69 Å². The van der Waals surface area contributed by atoms with Crippen molar-refractivity contribution >= 4 is 34.9 Å². The Morgan fingerprint density at radius 2 is 2.50 bits per heavy atom. The first-order valence-electron chi connectivity index (χ1n) is 6.75. The van der Waals surface area contributed by atoms with E-state index < -0.39 is 0 Å². The zero-order valence-corrected chi connectivity index (χ0v) is 12.5. The minimum Gasteiger partial charge on any atom is -0.465 e. The van der Waals surface area contributed by atoms with Crippen molar-refractivity contribution in [3.8, 4) is 0 Å². The van der Waals surface area contributed by atoms with Crippen LogP contribution in [0, 0.1) is 0 Å². The quantitative estimate of drug-likeness (QED) is 0.656. The Morgan fingerprint density at radius 1 is 1.55 bits per heavy atom. The zero-order chi connectivity index (χ0) is 15.2. The minimum absolute atomic E-state index is 0.315. The van der Waals surface area contributed by atoms with Gasteiger partial charge in [0.1, 0.15) is 5.76 Å². The molecular formula is C15H14N4O2S. The number of nitrogens with one attached hydrogen (secondary N) is 2. The SMILES string of the molecule is O=C(N/N=C\C=C\c1ccco1)c1cc(C2=CCCS2)[nH]n1. The Bertz CT molecular complexity index is 729. The summed E-state index contributed by atoms with van der Waals surface area (Å²) in [6.45, 7) is 0. The fourth-order valence-corrected chi connectivity index (χ4v) is 2.84. The number of thioether (sulfide) groups is 1. The number of amides is 1. The fraction of sp³-hybridized carbons (Fsp3) is 0.133. The molecule has 6 nitrogen and oxygen atoms in total. The molecule has 0 unspecified atom stereocenters. The number of furan rings is 1. The predicted molar refractivity (Wildman–Crippen MR) is 87.3 cm³/mol. The Kier molecular flexibility index (Phi) is 4.55. The van der Waals surface area contributed by atoms with Crippen LogP contribution in [0.4, 0.5) is 0 Å². The van der Waals surface area contributed by atoms with Gasteiger partial charge in [-0.05, 0) is 36.8 Å². The first-order valence-corrected chi connectivity index (χ1v) is 7.74. The molecule has 0 aliphatic carbocycles. The van der Waals surface area contributed by atoms with E-state index in [1.165, 1.54) is 6.21 Å². The van der Waals surface area contributed by atoms with Gasteiger partial charge in [0.2, 0.25) is 0 Å². The van der Waals surface area contributed by atoms with Crippen LogP contribution >= 0.6 is 11.8 Å². The molecule has 2 aromatic rings. The highest BCUT2D eigenvalue weighted by atomic mass is 32.2. The van der Waals surface area contributed by atoms with Crippen LogP contribution in [0.2, 0.25) is 0 Å². The first kappa shape index (κ1) is 14.4. The molecule has 0 aromatic carbocycles. The lowest BCUT2D eigenvalue weighted by Crippen LogP contribution is -2.17. The van der Waals surface area contributed by atoms with Crippen LogP contribution in [0.3, 0.4) is 0 Å². The molecule has 0 fully saturated rings. The highest BCUT2D eigenvalue weighted by molar-refractivity contribution is 8.08. The van der Waals surface area contributed by atoms with Crippen LogP contribution in [-0.2, 0) is 0 Å². The van der Waals surface area contributed by atoms with E-state index in [0.717, 1.165) is 28.5 Å². The van der Waals surface area contributed by atoms with Crippen LogP contribution in [0.25, 0.3) is 11.0 Å². The monoisotopic (exact) mass is 314 g/mol. The molecule has 2 N–H and O–H groups in total. The molecule has 3 rings (SSSR count). The van der Waals surface area contributed by atoms with Crippen LogP contribution < -0.4 is 5.43 Å². The molecule has 112 valence electrons. The third-order valence-electron chi connectivity index (χ3n) is 2.91. The van der Waals surface area contributed by atoms with E-state index in [1.54, 1.807) is 42.3 Å². The van der Waals surface area contributed by atoms with Crippen LogP contribution in [-0.4, -0.2) is 28.1 Å². The van der Waals surface area contributed by atoms with Crippen LogP contribution in [0.15, 0.2) is 46.1 Å². The summed E-state index contributed by atoms with van der Waals surface area (Å²) >= 11 is 1.75. The zero-order valence-electron chi connectivity index (χ0n) is 11.7. The highest BCUT2D eigenvalue weighted by Gasteiger charge is 2.14. The predicted octanol–water partition coefficient (Wildman–Crippen LogP) is 2.91. The third-order valence-corrected chi connectivity index (χ3v) is 4.05. The summed E-state index contributed by atoms with van der Waals surface area (Å²) < 4.78 is 5.12. The van der Waals surface area contributed by atoms with Gasteiger partial charge < -0.3 is 4.42 Å². The van der Waals surface area contributed by atoms with Crippen molar-refractivity contribution in [1.29, 1.82) is 0 Å². The molecule has 0 atom stereocenters. The maximum Gasteiger partial charge on any atom is 0.291 e. The molecule has 0 spiro atoms. The second-order valence-electron chi connectivity index (χ2n) is 4.47. The molecule has 0 saturated heterocycles. The molecule has 1 aliphatic rings. The lowest BCUT2D eigenvalue weighted by molar-refractivity contribution is 0.0950. The lowest BCUT2D eigenvalue weighted by atomic mass is 10.3. The Labute approximate surface area is 131 Å². The minimum atomic E-state index is -0.353. The Hall–Kier alpha value is -2.54. The first-order chi connectivity index (χ1) is 10.8. The van der Waals surface area contributed by atoms with E-state index in [-0.39, 0.29) is 5.91 Å². The molecule has 7 heteroatoms. The average Bonchev–Trinajstić information content (AvgIpc) is 3.26. The Morgan fingerprint density at radius 3 is 3.27 bits per heavy atom. The van der Waals surface area contributed by atoms with Crippen molar-refractivity contribution in [1.82, 2.24) is 15.6 Å². The van der Waals surface area contributed by atoms with Gasteiger partial charge in [0.15, 0.2) is 5.69 Å². The number of hydrogen-bond donors (Lipinski definition) is 2. The number of hydrogen-bond acceptors (Lipinski definition) is 5. The van der Waals surface area contributed by atoms with Crippen molar-refractivity contribution in [3.05, 3.63) is 53.8 Å². The normalized spacial score (nSPS) is 14.8. The molecular weight excluding hydrogens is 300 g/mol. The van der Waals surface area contributed by atoms with Crippen molar-refractivity contribution in [3.63, 3.8) is 0 Å². The second kappa shape index (κ2) is 6.95. The number of carbonyl (C=O) groups is 1. The topological polar surface area (TPSA) is 83.3 Å². The molecule has 1 amide bonds. The average molecular weight is 314 g/mol. The number of nitrogens with zero attached hydrogens (tertiary/aromatic N) is 2. The van der Waals surface area contributed by atoms with Gasteiger partial charge in [-0.15, -0.1) is 11.8 Å². The fourth-order valence-electron chi connectivity index (χ4n) is 1.89. The number of H-pyrrole nitrogens is 1. The summed E-state index contributed by atoms with van der Waals surface area (Å²) in [4.78, 5) is 13.0. The smallest absolute Gasteiger partial charge is 0.291 e. The lowest BCUT2D eigenvalue weighted by Gasteiger charge is -1.94. The van der Waals surface area contributed by atoms with E-state index >= 15 is 0 Å². The molecule has 0 saturated carbocycles. The van der Waals surface area contributed by atoms with Crippen molar-refractivity contribution < 1.29 is 9.21 Å². The van der Waals surface area contributed by atoms with Gasteiger partial charge in [-0.1, -0.05) is 6.08 Å². The van der Waals surface area contributed by atoms with Crippen LogP contribution in [0.1, 0.15) is 28.4 Å². The van der Waals surface area contributed by atoms with Gasteiger partial charge in [0.25, 0.3) is 5.91 Å². The molecule has 1 aliphatic heterocycles. The number of aromatic amines is 1. The number of hydrazone groups is 1. The largest absolute Gasteiger partial charge is 0.465 e. The van der Waals surface area contributed by atoms with E-state index in [2.05, 4.69) is 26.8 Å². The van der Waals surface area contributed by atoms with E-state index in [4.69, 9.17) is 4.42 Å². The maximum absolute atomic E-state index is 11.9. The van der Waals surface area contributed by atoms with Gasteiger partial charge in [-0.25, -0.2) is 5.43 Å². The van der Waals surface area contributed by atoms with Gasteiger partial charge >= 0.3 is 0 Å². The molecule has 0 radical (unpaired) electrons. The summed E-state index contributed by atoms with van der Waals surface area (Å²) in [5, 5.41) is 10.7. The summed E-state index contributed by atoms with van der Waals surface area (Å²) in [7, 11) is 0. The van der Waals surface area contributed by atoms with E-state index in [1.807, 2.05) is 6.07 Å². The van der Waals surface area contributed by atoms with Crippen LogP contribution in [0.5, 0.6) is 0 Å². The second-order valence-corrected chi connectivity index (χ2v) is 5.60. The summed E-state index contributed by atoms with van der Waals surface area (Å²) in [5.74, 6) is 1.44.